The summed E-state index contributed by atoms with van der Waals surface area (Å²) in [5, 5.41) is 9.42. The zero-order chi connectivity index (χ0) is 11.1. The maximum atomic E-state index is 11.7. The number of likely N-dealkylation sites (tertiary alicyclic amines) is 1. The second-order valence-corrected chi connectivity index (χ2v) is 4.09. The molecule has 1 rings (SSSR count). The van der Waals surface area contributed by atoms with Crippen molar-refractivity contribution in [2.75, 3.05) is 26.8 Å². The first-order chi connectivity index (χ1) is 7.24. The Kier molecular flexibility index (Phi) is 5.65. The minimum Gasteiger partial charge on any atom is -0.391 e. The van der Waals surface area contributed by atoms with Crippen LogP contribution in [-0.2, 0) is 9.53 Å². The lowest BCUT2D eigenvalue weighted by Crippen LogP contribution is -2.42. The number of methoxy groups -OCH3 is 1. The van der Waals surface area contributed by atoms with E-state index in [4.69, 9.17) is 4.74 Å². The smallest absolute Gasteiger partial charge is 0.222 e. The van der Waals surface area contributed by atoms with E-state index in [0.29, 0.717) is 13.0 Å². The van der Waals surface area contributed by atoms with Crippen LogP contribution in [0.3, 0.4) is 0 Å². The third kappa shape index (κ3) is 4.62. The van der Waals surface area contributed by atoms with Crippen molar-refractivity contribution in [3.8, 4) is 0 Å². The fraction of sp³-hybridized carbons (Fsp3) is 0.909. The summed E-state index contributed by atoms with van der Waals surface area (Å²) in [7, 11) is 1.67. The van der Waals surface area contributed by atoms with E-state index in [-0.39, 0.29) is 12.0 Å². The van der Waals surface area contributed by atoms with Gasteiger partial charge in [0, 0.05) is 33.2 Å². The lowest BCUT2D eigenvalue weighted by Gasteiger charge is -2.30. The Morgan fingerprint density at radius 3 is 3.00 bits per heavy atom. The standard InChI is InChI=1S/C11H21NO3/c1-15-8-3-2-6-11(14)12-7-4-5-10(13)9-12/h10,13H,2-9H2,1H3. The number of piperidine rings is 1. The van der Waals surface area contributed by atoms with Crippen molar-refractivity contribution in [1.29, 1.82) is 0 Å². The molecule has 1 unspecified atom stereocenters. The Bertz CT molecular complexity index is 196. The number of unbranched alkanes of at least 4 members (excludes halogenated alkanes) is 1. The molecule has 15 heavy (non-hydrogen) atoms. The number of ether oxygens (including phenoxy) is 1. The predicted molar refractivity (Wildman–Crippen MR) is 57.5 cm³/mol. The van der Waals surface area contributed by atoms with Gasteiger partial charge in [0.2, 0.25) is 5.91 Å². The van der Waals surface area contributed by atoms with Crippen molar-refractivity contribution in [3.63, 3.8) is 0 Å². The number of hydrogen-bond acceptors (Lipinski definition) is 3. The van der Waals surface area contributed by atoms with Crippen LogP contribution in [0.5, 0.6) is 0 Å². The molecule has 1 N–H and O–H groups in total. The molecule has 1 heterocycles. The van der Waals surface area contributed by atoms with Gasteiger partial charge in [-0.3, -0.25) is 4.79 Å². The molecule has 1 atom stereocenters. The second kappa shape index (κ2) is 6.80. The van der Waals surface area contributed by atoms with Crippen molar-refractivity contribution in [3.05, 3.63) is 0 Å². The second-order valence-electron chi connectivity index (χ2n) is 4.09. The number of amides is 1. The summed E-state index contributed by atoms with van der Waals surface area (Å²) >= 11 is 0. The lowest BCUT2D eigenvalue weighted by atomic mass is 10.1. The van der Waals surface area contributed by atoms with Crippen LogP contribution in [0.15, 0.2) is 0 Å². The van der Waals surface area contributed by atoms with Gasteiger partial charge in [-0.05, 0) is 25.7 Å². The van der Waals surface area contributed by atoms with E-state index >= 15 is 0 Å². The molecule has 0 bridgehead atoms. The Balaban J connectivity index is 2.15. The molecule has 4 nitrogen and oxygen atoms in total. The Hall–Kier alpha value is -0.610. The molecule has 4 heteroatoms. The normalized spacial score (nSPS) is 21.7. The molecule has 1 aliphatic rings. The maximum absolute atomic E-state index is 11.7. The highest BCUT2D eigenvalue weighted by molar-refractivity contribution is 5.76. The third-order valence-electron chi connectivity index (χ3n) is 2.74. The first-order valence-electron chi connectivity index (χ1n) is 5.69. The molecule has 88 valence electrons. The molecule has 1 aliphatic heterocycles. The third-order valence-corrected chi connectivity index (χ3v) is 2.74. The maximum Gasteiger partial charge on any atom is 0.222 e. The van der Waals surface area contributed by atoms with Crippen LogP contribution in [0.1, 0.15) is 32.1 Å². The van der Waals surface area contributed by atoms with Gasteiger partial charge in [-0.1, -0.05) is 0 Å². The number of carbonyl (C=O) groups excluding carboxylic acids is 1. The fourth-order valence-electron chi connectivity index (χ4n) is 1.86. The number of aliphatic hydroxyl groups excluding tert-OH is 1. The van der Waals surface area contributed by atoms with Crippen molar-refractivity contribution >= 4 is 5.91 Å². The Morgan fingerprint density at radius 1 is 1.53 bits per heavy atom. The molecule has 1 amide bonds. The van der Waals surface area contributed by atoms with Crippen LogP contribution in [0.2, 0.25) is 0 Å². The first-order valence-corrected chi connectivity index (χ1v) is 5.69. The summed E-state index contributed by atoms with van der Waals surface area (Å²) in [4.78, 5) is 13.5. The average Bonchev–Trinajstić information content (AvgIpc) is 2.24. The number of rotatable bonds is 5. The van der Waals surface area contributed by atoms with Crippen LogP contribution in [0.4, 0.5) is 0 Å². The van der Waals surface area contributed by atoms with E-state index in [1.165, 1.54) is 0 Å². The van der Waals surface area contributed by atoms with Crippen LogP contribution < -0.4 is 0 Å². The molecule has 0 radical (unpaired) electrons. The molecule has 0 spiro atoms. The lowest BCUT2D eigenvalue weighted by molar-refractivity contribution is -0.134. The summed E-state index contributed by atoms with van der Waals surface area (Å²) in [6.45, 7) is 2.04. The van der Waals surface area contributed by atoms with Crippen LogP contribution >= 0.6 is 0 Å². The molecular formula is C11H21NO3. The number of aliphatic hydroxyl groups is 1. The van der Waals surface area contributed by atoms with E-state index in [9.17, 15) is 9.90 Å². The van der Waals surface area contributed by atoms with Gasteiger partial charge in [-0.2, -0.15) is 0 Å². The van der Waals surface area contributed by atoms with Crippen LogP contribution in [-0.4, -0.2) is 48.8 Å². The average molecular weight is 215 g/mol. The summed E-state index contributed by atoms with van der Waals surface area (Å²) in [6, 6.07) is 0. The van der Waals surface area contributed by atoms with E-state index in [2.05, 4.69) is 0 Å². The number of carbonyl (C=O) groups is 1. The zero-order valence-corrected chi connectivity index (χ0v) is 9.45. The van der Waals surface area contributed by atoms with Gasteiger partial charge in [-0.15, -0.1) is 0 Å². The van der Waals surface area contributed by atoms with E-state index in [0.717, 1.165) is 38.8 Å². The van der Waals surface area contributed by atoms with Gasteiger partial charge < -0.3 is 14.7 Å². The minimum absolute atomic E-state index is 0.171. The molecule has 0 aliphatic carbocycles. The summed E-state index contributed by atoms with van der Waals surface area (Å²) < 4.78 is 4.92. The topological polar surface area (TPSA) is 49.8 Å². The van der Waals surface area contributed by atoms with Crippen molar-refractivity contribution in [2.24, 2.45) is 0 Å². The molecule has 0 aromatic rings. The minimum atomic E-state index is -0.318. The van der Waals surface area contributed by atoms with Crippen molar-refractivity contribution in [2.45, 2.75) is 38.2 Å². The molecule has 0 aromatic carbocycles. The van der Waals surface area contributed by atoms with Gasteiger partial charge >= 0.3 is 0 Å². The van der Waals surface area contributed by atoms with E-state index in [1.807, 2.05) is 0 Å². The van der Waals surface area contributed by atoms with E-state index < -0.39 is 0 Å². The zero-order valence-electron chi connectivity index (χ0n) is 9.45. The SMILES string of the molecule is COCCCCC(=O)N1CCCC(O)C1. The first kappa shape index (κ1) is 12.5. The number of β-amino-alcohol motifs (C(OH)–C–C–N with tert-alkyl or cyclic N) is 1. The highest BCUT2D eigenvalue weighted by Gasteiger charge is 2.21. The van der Waals surface area contributed by atoms with Gasteiger partial charge in [0.15, 0.2) is 0 Å². The summed E-state index contributed by atoms with van der Waals surface area (Å²) in [5.74, 6) is 0.171. The molecule has 1 fully saturated rings. The van der Waals surface area contributed by atoms with Crippen LogP contribution in [0, 0.1) is 0 Å². The van der Waals surface area contributed by atoms with Gasteiger partial charge in [0.25, 0.3) is 0 Å². The molecular weight excluding hydrogens is 194 g/mol. The molecule has 0 saturated carbocycles. The number of hydrogen-bond donors (Lipinski definition) is 1. The summed E-state index contributed by atoms with van der Waals surface area (Å²) in [5.41, 5.74) is 0. The van der Waals surface area contributed by atoms with Gasteiger partial charge in [-0.25, -0.2) is 0 Å². The number of nitrogens with zero attached hydrogens (tertiary/aromatic N) is 1. The van der Waals surface area contributed by atoms with Crippen molar-refractivity contribution in [1.82, 2.24) is 4.90 Å². The molecule has 1 saturated heterocycles. The Morgan fingerprint density at radius 2 is 2.33 bits per heavy atom. The Labute approximate surface area is 91.2 Å². The van der Waals surface area contributed by atoms with Gasteiger partial charge in [0.1, 0.15) is 0 Å². The van der Waals surface area contributed by atoms with Crippen LogP contribution in [0.25, 0.3) is 0 Å². The highest BCUT2D eigenvalue weighted by Crippen LogP contribution is 2.11. The molecule has 0 aromatic heterocycles. The predicted octanol–water partition coefficient (Wildman–Crippen LogP) is 0.786. The van der Waals surface area contributed by atoms with Gasteiger partial charge in [0.05, 0.1) is 6.10 Å². The summed E-state index contributed by atoms with van der Waals surface area (Å²) in [6.07, 6.45) is 3.81. The monoisotopic (exact) mass is 215 g/mol. The van der Waals surface area contributed by atoms with Crippen molar-refractivity contribution < 1.29 is 14.6 Å². The fourth-order valence-corrected chi connectivity index (χ4v) is 1.86. The van der Waals surface area contributed by atoms with E-state index in [1.54, 1.807) is 12.0 Å². The highest BCUT2D eigenvalue weighted by atomic mass is 16.5. The quantitative estimate of drug-likeness (QED) is 0.690. The largest absolute Gasteiger partial charge is 0.391 e.